The fourth-order valence-electron chi connectivity index (χ4n) is 1.61. The standard InChI is InChI=1S/C11H16BrN3/c12-9-6-10(13)11(15-7-9)14-5-1-2-8-3-4-8/h6-8H,1-5,13H2,(H,14,15). The molecule has 1 aromatic rings. The van der Waals surface area contributed by atoms with E-state index in [-0.39, 0.29) is 0 Å². The first-order valence-corrected chi connectivity index (χ1v) is 6.20. The summed E-state index contributed by atoms with van der Waals surface area (Å²) in [6.07, 6.45) is 7.17. The summed E-state index contributed by atoms with van der Waals surface area (Å²) in [5.41, 5.74) is 6.53. The molecule has 0 amide bonds. The van der Waals surface area contributed by atoms with Crippen molar-refractivity contribution in [2.24, 2.45) is 5.92 Å². The lowest BCUT2D eigenvalue weighted by Gasteiger charge is -2.07. The number of pyridine rings is 1. The summed E-state index contributed by atoms with van der Waals surface area (Å²) in [5, 5.41) is 3.27. The van der Waals surface area contributed by atoms with E-state index in [4.69, 9.17) is 5.73 Å². The monoisotopic (exact) mass is 269 g/mol. The van der Waals surface area contributed by atoms with Gasteiger partial charge in [0.15, 0.2) is 0 Å². The molecule has 0 spiro atoms. The van der Waals surface area contributed by atoms with E-state index >= 15 is 0 Å². The predicted octanol–water partition coefficient (Wildman–Crippen LogP) is 3.03. The number of nitrogens with zero attached hydrogens (tertiary/aromatic N) is 1. The SMILES string of the molecule is Nc1cc(Br)cnc1NCCCC1CC1. The van der Waals surface area contributed by atoms with Crippen LogP contribution in [-0.4, -0.2) is 11.5 Å². The van der Waals surface area contributed by atoms with Gasteiger partial charge in [0.25, 0.3) is 0 Å². The van der Waals surface area contributed by atoms with E-state index in [1.165, 1.54) is 25.7 Å². The van der Waals surface area contributed by atoms with Crippen molar-refractivity contribution in [2.75, 3.05) is 17.6 Å². The lowest BCUT2D eigenvalue weighted by atomic mass is 10.2. The van der Waals surface area contributed by atoms with Crippen LogP contribution in [0, 0.1) is 5.92 Å². The molecular formula is C11H16BrN3. The fraction of sp³-hybridized carbons (Fsp3) is 0.545. The van der Waals surface area contributed by atoms with E-state index < -0.39 is 0 Å². The summed E-state index contributed by atoms with van der Waals surface area (Å²) in [7, 11) is 0. The van der Waals surface area contributed by atoms with E-state index in [9.17, 15) is 0 Å². The molecule has 82 valence electrons. The molecular weight excluding hydrogens is 254 g/mol. The Kier molecular flexibility index (Phi) is 3.46. The summed E-state index contributed by atoms with van der Waals surface area (Å²) < 4.78 is 0.920. The van der Waals surface area contributed by atoms with Gasteiger partial charge in [-0.1, -0.05) is 12.8 Å². The average molecular weight is 270 g/mol. The van der Waals surface area contributed by atoms with Gasteiger partial charge < -0.3 is 11.1 Å². The predicted molar refractivity (Wildman–Crippen MR) is 66.8 cm³/mol. The summed E-state index contributed by atoms with van der Waals surface area (Å²) in [4.78, 5) is 4.23. The highest BCUT2D eigenvalue weighted by molar-refractivity contribution is 9.10. The highest BCUT2D eigenvalue weighted by Gasteiger charge is 2.19. The van der Waals surface area contributed by atoms with Crippen LogP contribution in [-0.2, 0) is 0 Å². The Bertz CT molecular complexity index is 337. The van der Waals surface area contributed by atoms with Crippen molar-refractivity contribution in [3.63, 3.8) is 0 Å². The van der Waals surface area contributed by atoms with Crippen LogP contribution in [0.4, 0.5) is 11.5 Å². The van der Waals surface area contributed by atoms with Gasteiger partial charge in [-0.05, 0) is 40.8 Å². The number of nitrogens with two attached hydrogens (primary N) is 1. The molecule has 0 bridgehead atoms. The van der Waals surface area contributed by atoms with Crippen LogP contribution in [0.3, 0.4) is 0 Å². The molecule has 0 unspecified atom stereocenters. The molecule has 1 aliphatic carbocycles. The Hall–Kier alpha value is -0.770. The van der Waals surface area contributed by atoms with Gasteiger partial charge in [0.2, 0.25) is 0 Å². The number of rotatable bonds is 5. The lowest BCUT2D eigenvalue weighted by molar-refractivity contribution is 0.686. The normalized spacial score (nSPS) is 15.3. The Morgan fingerprint density at radius 2 is 2.33 bits per heavy atom. The van der Waals surface area contributed by atoms with Gasteiger partial charge in [-0.3, -0.25) is 0 Å². The van der Waals surface area contributed by atoms with E-state index in [0.29, 0.717) is 5.69 Å². The minimum absolute atomic E-state index is 0.704. The molecule has 0 saturated heterocycles. The number of halogens is 1. The molecule has 15 heavy (non-hydrogen) atoms. The second-order valence-electron chi connectivity index (χ2n) is 4.10. The molecule has 0 aliphatic heterocycles. The van der Waals surface area contributed by atoms with Gasteiger partial charge in [-0.25, -0.2) is 4.98 Å². The van der Waals surface area contributed by atoms with Gasteiger partial charge in [-0.15, -0.1) is 0 Å². The van der Waals surface area contributed by atoms with Gasteiger partial charge in [-0.2, -0.15) is 0 Å². The van der Waals surface area contributed by atoms with Gasteiger partial charge >= 0.3 is 0 Å². The van der Waals surface area contributed by atoms with E-state index in [2.05, 4.69) is 26.2 Å². The first-order chi connectivity index (χ1) is 7.25. The van der Waals surface area contributed by atoms with Gasteiger partial charge in [0, 0.05) is 17.2 Å². The zero-order chi connectivity index (χ0) is 10.7. The second-order valence-corrected chi connectivity index (χ2v) is 5.02. The molecule has 1 fully saturated rings. The molecule has 2 rings (SSSR count). The molecule has 3 nitrogen and oxygen atoms in total. The topological polar surface area (TPSA) is 50.9 Å². The highest BCUT2D eigenvalue weighted by atomic mass is 79.9. The number of hydrogen-bond donors (Lipinski definition) is 2. The van der Waals surface area contributed by atoms with Crippen LogP contribution in [0.2, 0.25) is 0 Å². The number of nitrogen functional groups attached to an aromatic ring is 1. The maximum absolute atomic E-state index is 5.82. The maximum atomic E-state index is 5.82. The van der Waals surface area contributed by atoms with Crippen LogP contribution < -0.4 is 11.1 Å². The smallest absolute Gasteiger partial charge is 0.149 e. The van der Waals surface area contributed by atoms with Crippen molar-refractivity contribution >= 4 is 27.4 Å². The molecule has 1 aromatic heterocycles. The Morgan fingerprint density at radius 1 is 1.53 bits per heavy atom. The van der Waals surface area contributed by atoms with Crippen LogP contribution in [0.5, 0.6) is 0 Å². The number of nitrogens with one attached hydrogen (secondary N) is 1. The quantitative estimate of drug-likeness (QED) is 0.808. The molecule has 1 aliphatic rings. The van der Waals surface area contributed by atoms with E-state index in [0.717, 1.165) is 22.8 Å². The van der Waals surface area contributed by atoms with Crippen LogP contribution in [0.1, 0.15) is 25.7 Å². The Labute approximate surface area is 98.6 Å². The molecule has 0 radical (unpaired) electrons. The number of anilines is 2. The summed E-state index contributed by atoms with van der Waals surface area (Å²) >= 11 is 3.34. The highest BCUT2D eigenvalue weighted by Crippen LogP contribution is 2.33. The summed E-state index contributed by atoms with van der Waals surface area (Å²) in [5.74, 6) is 1.80. The third-order valence-electron chi connectivity index (χ3n) is 2.66. The maximum Gasteiger partial charge on any atom is 0.149 e. The van der Waals surface area contributed by atoms with Crippen molar-refractivity contribution in [3.05, 3.63) is 16.7 Å². The minimum Gasteiger partial charge on any atom is -0.396 e. The molecule has 1 saturated carbocycles. The van der Waals surface area contributed by atoms with E-state index in [1.54, 1.807) is 6.20 Å². The largest absolute Gasteiger partial charge is 0.396 e. The van der Waals surface area contributed by atoms with Crippen molar-refractivity contribution in [3.8, 4) is 0 Å². The van der Waals surface area contributed by atoms with Gasteiger partial charge in [0.1, 0.15) is 5.82 Å². The lowest BCUT2D eigenvalue weighted by Crippen LogP contribution is -2.06. The van der Waals surface area contributed by atoms with Gasteiger partial charge in [0.05, 0.1) is 5.69 Å². The second kappa shape index (κ2) is 4.84. The first-order valence-electron chi connectivity index (χ1n) is 5.40. The molecule has 0 aromatic carbocycles. The molecule has 4 heteroatoms. The molecule has 3 N–H and O–H groups in total. The summed E-state index contributed by atoms with van der Waals surface area (Å²) in [6, 6.07) is 1.87. The Morgan fingerprint density at radius 3 is 3.00 bits per heavy atom. The third-order valence-corrected chi connectivity index (χ3v) is 3.10. The number of aromatic nitrogens is 1. The Balaban J connectivity index is 1.76. The fourth-order valence-corrected chi connectivity index (χ4v) is 1.96. The minimum atomic E-state index is 0.704. The summed E-state index contributed by atoms with van der Waals surface area (Å²) in [6.45, 7) is 0.968. The average Bonchev–Trinajstić information content (AvgIpc) is 2.99. The van der Waals surface area contributed by atoms with Crippen molar-refractivity contribution in [1.29, 1.82) is 0 Å². The molecule has 0 atom stereocenters. The zero-order valence-corrected chi connectivity index (χ0v) is 10.3. The third kappa shape index (κ3) is 3.38. The van der Waals surface area contributed by atoms with E-state index in [1.807, 2.05) is 6.07 Å². The van der Waals surface area contributed by atoms with Crippen molar-refractivity contribution in [1.82, 2.24) is 4.98 Å². The zero-order valence-electron chi connectivity index (χ0n) is 8.67. The van der Waals surface area contributed by atoms with Crippen molar-refractivity contribution in [2.45, 2.75) is 25.7 Å². The van der Waals surface area contributed by atoms with Crippen LogP contribution in [0.25, 0.3) is 0 Å². The molecule has 1 heterocycles. The van der Waals surface area contributed by atoms with Crippen LogP contribution in [0.15, 0.2) is 16.7 Å². The number of hydrogen-bond acceptors (Lipinski definition) is 3. The van der Waals surface area contributed by atoms with Crippen molar-refractivity contribution < 1.29 is 0 Å². The van der Waals surface area contributed by atoms with Crippen LogP contribution >= 0.6 is 15.9 Å². The first kappa shape index (κ1) is 10.7.